The molecule has 2 aromatic carbocycles. The van der Waals surface area contributed by atoms with E-state index in [0.717, 1.165) is 36.5 Å². The van der Waals surface area contributed by atoms with Crippen molar-refractivity contribution in [3.63, 3.8) is 0 Å². The number of sulfone groups is 1. The highest BCUT2D eigenvalue weighted by Gasteiger charge is 2.24. The van der Waals surface area contributed by atoms with Crippen LogP contribution in [0, 0.1) is 0 Å². The maximum Gasteiger partial charge on any atom is 0.255 e. The van der Waals surface area contributed by atoms with Crippen molar-refractivity contribution in [1.82, 2.24) is 25.0 Å². The maximum atomic E-state index is 12.8. The molecule has 2 fully saturated rings. The highest BCUT2D eigenvalue weighted by atomic mass is 32.2. The van der Waals surface area contributed by atoms with Crippen LogP contribution in [0.4, 0.5) is 5.69 Å². The van der Waals surface area contributed by atoms with Gasteiger partial charge in [0.2, 0.25) is 0 Å². The van der Waals surface area contributed by atoms with Gasteiger partial charge in [-0.3, -0.25) is 14.8 Å². The van der Waals surface area contributed by atoms with Gasteiger partial charge < -0.3 is 10.2 Å². The predicted molar refractivity (Wildman–Crippen MR) is 135 cm³/mol. The molecule has 1 unspecified atom stereocenters. The molecule has 0 aliphatic carbocycles. The zero-order valence-electron chi connectivity index (χ0n) is 19.8. The number of aromatic nitrogens is 3. The molecule has 0 radical (unpaired) electrons. The summed E-state index contributed by atoms with van der Waals surface area (Å²) in [6, 6.07) is 15.0. The first kappa shape index (κ1) is 23.7. The molecule has 9 nitrogen and oxygen atoms in total. The van der Waals surface area contributed by atoms with Crippen LogP contribution >= 0.6 is 0 Å². The summed E-state index contributed by atoms with van der Waals surface area (Å²) in [7, 11) is -0.792. The van der Waals surface area contributed by atoms with Crippen LogP contribution in [0.15, 0.2) is 48.5 Å². The Balaban J connectivity index is 1.20. The first-order valence-corrected chi connectivity index (χ1v) is 13.7. The molecule has 0 bridgehead atoms. The Morgan fingerprint density at radius 3 is 2.60 bits per heavy atom. The van der Waals surface area contributed by atoms with Crippen LogP contribution in [-0.2, 0) is 16.4 Å². The number of aromatic amines is 1. The summed E-state index contributed by atoms with van der Waals surface area (Å²) in [5.74, 6) is 2.16. The quantitative estimate of drug-likeness (QED) is 0.541. The largest absolute Gasteiger partial charge is 0.322 e. The van der Waals surface area contributed by atoms with E-state index in [0.29, 0.717) is 42.6 Å². The summed E-state index contributed by atoms with van der Waals surface area (Å²) in [5.41, 5.74) is 3.14. The molecule has 1 atom stereocenters. The summed E-state index contributed by atoms with van der Waals surface area (Å²) in [5, 5.41) is 10.4. The number of carbonyl (C=O) groups excluding carboxylic acids is 1. The molecule has 10 heteroatoms. The van der Waals surface area contributed by atoms with Crippen LogP contribution in [0.2, 0.25) is 0 Å². The monoisotopic (exact) mass is 494 g/mol. The van der Waals surface area contributed by atoms with Gasteiger partial charge in [0.15, 0.2) is 15.7 Å². The van der Waals surface area contributed by atoms with Gasteiger partial charge in [-0.25, -0.2) is 13.4 Å². The normalized spacial score (nSPS) is 20.7. The van der Waals surface area contributed by atoms with Gasteiger partial charge >= 0.3 is 0 Å². The standard InChI is InChI=1S/C25H30N6O3S/c1-30-10-9-21(17-30)24-27-23(28-29-24)19-5-7-22(8-6-19)26-25(32)20-4-2-3-18(15-20)16-31-11-13-35(33,34)14-12-31/h2-8,15,21H,9-14,16-17H2,1H3,(H,26,32)(H,27,28,29). The number of likely N-dealkylation sites (tertiary alicyclic amines) is 1. The number of likely N-dealkylation sites (N-methyl/N-ethyl adjacent to an activating group) is 1. The zero-order chi connectivity index (χ0) is 24.4. The summed E-state index contributed by atoms with van der Waals surface area (Å²) >= 11 is 0. The number of carbonyl (C=O) groups is 1. The van der Waals surface area contributed by atoms with Crippen LogP contribution in [0.3, 0.4) is 0 Å². The Morgan fingerprint density at radius 2 is 1.89 bits per heavy atom. The molecule has 2 saturated heterocycles. The van der Waals surface area contributed by atoms with E-state index in [-0.39, 0.29) is 17.4 Å². The molecule has 2 aliphatic heterocycles. The number of hydrogen-bond acceptors (Lipinski definition) is 7. The van der Waals surface area contributed by atoms with Crippen LogP contribution in [0.1, 0.15) is 34.1 Å². The van der Waals surface area contributed by atoms with E-state index in [9.17, 15) is 13.2 Å². The Hall–Kier alpha value is -3.08. The minimum Gasteiger partial charge on any atom is -0.322 e. The lowest BCUT2D eigenvalue weighted by molar-refractivity contribution is 0.102. The van der Waals surface area contributed by atoms with Crippen molar-refractivity contribution >= 4 is 21.4 Å². The predicted octanol–water partition coefficient (Wildman–Crippen LogP) is 2.37. The number of rotatable bonds is 6. The van der Waals surface area contributed by atoms with E-state index < -0.39 is 9.84 Å². The fraction of sp³-hybridized carbons (Fsp3) is 0.400. The van der Waals surface area contributed by atoms with Crippen molar-refractivity contribution in [3.05, 3.63) is 65.5 Å². The van der Waals surface area contributed by atoms with Gasteiger partial charge in [-0.05, 0) is 62.0 Å². The molecule has 35 heavy (non-hydrogen) atoms. The number of benzene rings is 2. The zero-order valence-corrected chi connectivity index (χ0v) is 20.6. The molecule has 0 spiro atoms. The van der Waals surface area contributed by atoms with Crippen molar-refractivity contribution in [2.45, 2.75) is 18.9 Å². The summed E-state index contributed by atoms with van der Waals surface area (Å²) in [6.07, 6.45) is 1.08. The summed E-state index contributed by atoms with van der Waals surface area (Å²) in [4.78, 5) is 21.9. The highest BCUT2D eigenvalue weighted by Crippen LogP contribution is 2.26. The van der Waals surface area contributed by atoms with Crippen molar-refractivity contribution in [2.24, 2.45) is 0 Å². The van der Waals surface area contributed by atoms with Gasteiger partial charge in [0.25, 0.3) is 5.91 Å². The second-order valence-corrected chi connectivity index (χ2v) is 11.8. The lowest BCUT2D eigenvalue weighted by Crippen LogP contribution is -2.39. The van der Waals surface area contributed by atoms with Gasteiger partial charge in [0, 0.05) is 48.9 Å². The number of hydrogen-bond donors (Lipinski definition) is 2. The lowest BCUT2D eigenvalue weighted by Gasteiger charge is -2.26. The number of amides is 1. The van der Waals surface area contributed by atoms with E-state index in [1.54, 1.807) is 6.07 Å². The van der Waals surface area contributed by atoms with Crippen molar-refractivity contribution in [3.8, 4) is 11.4 Å². The second-order valence-electron chi connectivity index (χ2n) is 9.45. The smallest absolute Gasteiger partial charge is 0.255 e. The van der Waals surface area contributed by atoms with E-state index in [4.69, 9.17) is 0 Å². The molecule has 2 aliphatic rings. The molecule has 2 N–H and O–H groups in total. The molecule has 5 rings (SSSR count). The molecule has 1 aromatic heterocycles. The van der Waals surface area contributed by atoms with E-state index >= 15 is 0 Å². The second kappa shape index (κ2) is 9.88. The average molecular weight is 495 g/mol. The van der Waals surface area contributed by atoms with E-state index in [2.05, 4.69) is 37.3 Å². The number of H-pyrrole nitrogens is 1. The summed E-state index contributed by atoms with van der Waals surface area (Å²) in [6.45, 7) is 3.73. The first-order chi connectivity index (χ1) is 16.8. The van der Waals surface area contributed by atoms with Crippen LogP contribution in [-0.4, -0.2) is 84.0 Å². The van der Waals surface area contributed by atoms with E-state index in [1.165, 1.54) is 0 Å². The third-order valence-electron chi connectivity index (χ3n) is 6.71. The van der Waals surface area contributed by atoms with Gasteiger partial charge in [-0.1, -0.05) is 12.1 Å². The number of anilines is 1. The Bertz CT molecular complexity index is 1290. The molecular formula is C25H30N6O3S. The minimum atomic E-state index is -2.91. The molecule has 0 saturated carbocycles. The SMILES string of the molecule is CN1CCC(c2nc(-c3ccc(NC(=O)c4cccc(CN5CCS(=O)(=O)CC5)c4)cc3)n[nH]2)C1. The number of nitrogens with zero attached hydrogens (tertiary/aromatic N) is 4. The molecule has 1 amide bonds. The molecular weight excluding hydrogens is 464 g/mol. The fourth-order valence-corrected chi connectivity index (χ4v) is 5.90. The topological polar surface area (TPSA) is 111 Å². The molecule has 3 aromatic rings. The van der Waals surface area contributed by atoms with Crippen molar-refractivity contribution in [1.29, 1.82) is 0 Å². The van der Waals surface area contributed by atoms with Crippen LogP contribution in [0.5, 0.6) is 0 Å². The van der Waals surface area contributed by atoms with Gasteiger partial charge in [0.05, 0.1) is 11.5 Å². The van der Waals surface area contributed by atoms with Crippen LogP contribution in [0.25, 0.3) is 11.4 Å². The number of nitrogens with one attached hydrogen (secondary N) is 2. The molecule has 184 valence electrons. The minimum absolute atomic E-state index is 0.189. The van der Waals surface area contributed by atoms with E-state index in [1.807, 2.05) is 42.5 Å². The average Bonchev–Trinajstić information content (AvgIpc) is 3.50. The Kier molecular flexibility index (Phi) is 6.68. The Morgan fingerprint density at radius 1 is 1.11 bits per heavy atom. The Labute approximate surface area is 205 Å². The fourth-order valence-electron chi connectivity index (χ4n) is 4.63. The highest BCUT2D eigenvalue weighted by molar-refractivity contribution is 7.91. The first-order valence-electron chi connectivity index (χ1n) is 11.9. The van der Waals surface area contributed by atoms with Crippen molar-refractivity contribution < 1.29 is 13.2 Å². The molecule has 3 heterocycles. The summed E-state index contributed by atoms with van der Waals surface area (Å²) < 4.78 is 23.3. The van der Waals surface area contributed by atoms with Gasteiger partial charge in [-0.15, -0.1) is 0 Å². The van der Waals surface area contributed by atoms with Gasteiger partial charge in [-0.2, -0.15) is 5.10 Å². The van der Waals surface area contributed by atoms with Gasteiger partial charge in [0.1, 0.15) is 5.82 Å². The third-order valence-corrected chi connectivity index (χ3v) is 8.32. The lowest BCUT2D eigenvalue weighted by atomic mass is 10.1. The van der Waals surface area contributed by atoms with Crippen LogP contribution < -0.4 is 5.32 Å². The van der Waals surface area contributed by atoms with Crippen molar-refractivity contribution in [2.75, 3.05) is 50.0 Å². The maximum absolute atomic E-state index is 12.8. The third kappa shape index (κ3) is 5.77.